The Bertz CT molecular complexity index is 981. The number of aromatic nitrogens is 2. The summed E-state index contributed by atoms with van der Waals surface area (Å²) in [4.78, 5) is 21.2. The second-order valence-electron chi connectivity index (χ2n) is 6.94. The van der Waals surface area contributed by atoms with Crippen molar-refractivity contribution in [3.63, 3.8) is 0 Å². The summed E-state index contributed by atoms with van der Waals surface area (Å²) >= 11 is 0. The highest BCUT2D eigenvalue weighted by Gasteiger charge is 2.31. The summed E-state index contributed by atoms with van der Waals surface area (Å²) in [5.41, 5.74) is 2.21. The second kappa shape index (κ2) is 8.00. The number of amides is 1. The maximum absolute atomic E-state index is 13.3. The Hall–Kier alpha value is -3.26. The largest absolute Gasteiger partial charge is 0.385 e. The number of aliphatic hydroxyl groups excluding tert-OH is 1. The zero-order valence-corrected chi connectivity index (χ0v) is 16.0. The number of carbonyl (C=O) groups excluding carboxylic acids is 1. The molecule has 7 nitrogen and oxygen atoms in total. The van der Waals surface area contributed by atoms with E-state index < -0.39 is 6.10 Å². The van der Waals surface area contributed by atoms with Crippen LogP contribution in [0.25, 0.3) is 11.3 Å². The van der Waals surface area contributed by atoms with Crippen LogP contribution in [0.1, 0.15) is 29.1 Å². The van der Waals surface area contributed by atoms with E-state index in [1.54, 1.807) is 41.6 Å². The van der Waals surface area contributed by atoms with E-state index in [1.165, 1.54) is 19.1 Å². The lowest BCUT2D eigenvalue weighted by molar-refractivity contribution is 0.0735. The fourth-order valence-electron chi connectivity index (χ4n) is 3.47. The smallest absolute Gasteiger partial charge is 0.259 e. The van der Waals surface area contributed by atoms with E-state index in [0.717, 1.165) is 5.69 Å². The number of piperazine rings is 1. The van der Waals surface area contributed by atoms with Crippen molar-refractivity contribution < 1.29 is 18.8 Å². The summed E-state index contributed by atoms with van der Waals surface area (Å²) in [5.74, 6) is -0.363. The van der Waals surface area contributed by atoms with E-state index >= 15 is 0 Å². The zero-order valence-electron chi connectivity index (χ0n) is 16.0. The van der Waals surface area contributed by atoms with Gasteiger partial charge in [-0.05, 0) is 43.3 Å². The third-order valence-corrected chi connectivity index (χ3v) is 5.01. The van der Waals surface area contributed by atoms with Crippen LogP contribution in [0.5, 0.6) is 0 Å². The molecule has 0 aliphatic carbocycles. The topological polar surface area (TPSA) is 82.7 Å². The molecule has 1 N–H and O–H groups in total. The molecule has 0 bridgehead atoms. The molecule has 0 radical (unpaired) electrons. The molecule has 29 heavy (non-hydrogen) atoms. The first kappa shape index (κ1) is 19.1. The molecule has 8 heteroatoms. The lowest BCUT2D eigenvalue weighted by Crippen LogP contribution is -2.49. The summed E-state index contributed by atoms with van der Waals surface area (Å²) in [5, 5.41) is 14.1. The summed E-state index contributed by atoms with van der Waals surface area (Å²) in [6.07, 6.45) is 2.27. The molecule has 1 amide bonds. The Morgan fingerprint density at radius 3 is 2.52 bits per heavy atom. The minimum Gasteiger partial charge on any atom is -0.385 e. The highest BCUT2D eigenvalue weighted by atomic mass is 19.1. The van der Waals surface area contributed by atoms with Crippen molar-refractivity contribution in [2.24, 2.45) is 0 Å². The number of carbonyl (C=O) groups is 1. The number of pyridine rings is 1. The van der Waals surface area contributed by atoms with Crippen molar-refractivity contribution in [2.75, 3.05) is 31.1 Å². The number of nitrogens with zero attached hydrogens (tertiary/aromatic N) is 4. The molecule has 2 aromatic heterocycles. The maximum Gasteiger partial charge on any atom is 0.259 e. The highest BCUT2D eigenvalue weighted by Crippen LogP contribution is 2.30. The Kier molecular flexibility index (Phi) is 5.26. The Morgan fingerprint density at radius 1 is 1.17 bits per heavy atom. The average molecular weight is 396 g/mol. The molecule has 4 rings (SSSR count). The standard InChI is InChI=1S/C21H21FN4O3/c1-14(27)20-18(19(24-29-20)15-3-2-8-23-13-15)21(28)26-11-9-25(10-12-26)17-6-4-16(22)5-7-17/h2-8,13-14,27H,9-12H2,1H3/t14-/m0/s1. The number of rotatable bonds is 4. The van der Waals surface area contributed by atoms with Crippen LogP contribution in [0.3, 0.4) is 0 Å². The van der Waals surface area contributed by atoms with Gasteiger partial charge in [0, 0.05) is 49.8 Å². The summed E-state index contributed by atoms with van der Waals surface area (Å²) in [6.45, 7) is 3.76. The Balaban J connectivity index is 1.56. The van der Waals surface area contributed by atoms with Gasteiger partial charge in [-0.2, -0.15) is 0 Å². The summed E-state index contributed by atoms with van der Waals surface area (Å²) < 4.78 is 18.5. The van der Waals surface area contributed by atoms with E-state index in [4.69, 9.17) is 4.52 Å². The molecule has 1 aliphatic heterocycles. The molecule has 1 atom stereocenters. The van der Waals surface area contributed by atoms with Crippen molar-refractivity contribution in [1.82, 2.24) is 15.0 Å². The molecular weight excluding hydrogens is 375 g/mol. The molecule has 1 aliphatic rings. The number of anilines is 1. The lowest BCUT2D eigenvalue weighted by atomic mass is 10.0. The molecule has 150 valence electrons. The van der Waals surface area contributed by atoms with Crippen molar-refractivity contribution in [3.05, 3.63) is 65.9 Å². The van der Waals surface area contributed by atoms with Gasteiger partial charge >= 0.3 is 0 Å². The summed E-state index contributed by atoms with van der Waals surface area (Å²) in [7, 11) is 0. The van der Waals surface area contributed by atoms with Crippen LogP contribution in [0.4, 0.5) is 10.1 Å². The normalized spacial score (nSPS) is 15.4. The predicted octanol–water partition coefficient (Wildman–Crippen LogP) is 2.89. The van der Waals surface area contributed by atoms with E-state index in [1.807, 2.05) is 0 Å². The molecule has 0 spiro atoms. The number of benzene rings is 1. The van der Waals surface area contributed by atoms with Gasteiger partial charge in [0.15, 0.2) is 5.76 Å². The van der Waals surface area contributed by atoms with Crippen LogP contribution < -0.4 is 4.90 Å². The van der Waals surface area contributed by atoms with Gasteiger partial charge in [0.25, 0.3) is 5.91 Å². The van der Waals surface area contributed by atoms with E-state index in [0.29, 0.717) is 37.4 Å². The van der Waals surface area contributed by atoms with Gasteiger partial charge < -0.3 is 19.4 Å². The molecular formula is C21H21FN4O3. The lowest BCUT2D eigenvalue weighted by Gasteiger charge is -2.36. The first-order valence-electron chi connectivity index (χ1n) is 9.42. The Labute approximate surface area is 167 Å². The first-order valence-corrected chi connectivity index (χ1v) is 9.42. The first-order chi connectivity index (χ1) is 14.0. The van der Waals surface area contributed by atoms with Gasteiger partial charge in [-0.15, -0.1) is 0 Å². The molecule has 0 unspecified atom stereocenters. The van der Waals surface area contributed by atoms with Gasteiger partial charge in [-0.3, -0.25) is 9.78 Å². The van der Waals surface area contributed by atoms with Crippen LogP contribution in [0.2, 0.25) is 0 Å². The van der Waals surface area contributed by atoms with Crippen LogP contribution in [0.15, 0.2) is 53.3 Å². The fourth-order valence-corrected chi connectivity index (χ4v) is 3.47. The third-order valence-electron chi connectivity index (χ3n) is 5.01. The predicted molar refractivity (Wildman–Crippen MR) is 105 cm³/mol. The minimum atomic E-state index is -0.965. The van der Waals surface area contributed by atoms with Gasteiger partial charge in [0.05, 0.1) is 0 Å². The number of hydrogen-bond acceptors (Lipinski definition) is 6. The van der Waals surface area contributed by atoms with Crippen molar-refractivity contribution in [3.8, 4) is 11.3 Å². The van der Waals surface area contributed by atoms with Gasteiger partial charge in [0.2, 0.25) is 0 Å². The SMILES string of the molecule is C[C@H](O)c1onc(-c2cccnc2)c1C(=O)N1CCN(c2ccc(F)cc2)CC1. The molecule has 0 saturated carbocycles. The quantitative estimate of drug-likeness (QED) is 0.730. The van der Waals surface area contributed by atoms with Gasteiger partial charge in [-0.1, -0.05) is 5.16 Å². The van der Waals surface area contributed by atoms with Crippen LogP contribution >= 0.6 is 0 Å². The number of halogens is 1. The third kappa shape index (κ3) is 3.84. The van der Waals surface area contributed by atoms with Crippen LogP contribution in [-0.4, -0.2) is 52.2 Å². The molecule has 1 fully saturated rings. The molecule has 1 aromatic carbocycles. The Morgan fingerprint density at radius 2 is 1.90 bits per heavy atom. The molecule has 3 aromatic rings. The maximum atomic E-state index is 13.3. The molecule has 1 saturated heterocycles. The number of aliphatic hydroxyl groups is 1. The molecule has 3 heterocycles. The van der Waals surface area contributed by atoms with Gasteiger partial charge in [0.1, 0.15) is 23.2 Å². The summed E-state index contributed by atoms with van der Waals surface area (Å²) in [6, 6.07) is 9.87. The number of hydrogen-bond donors (Lipinski definition) is 1. The van der Waals surface area contributed by atoms with Crippen molar-refractivity contribution in [1.29, 1.82) is 0 Å². The van der Waals surface area contributed by atoms with E-state index in [2.05, 4.69) is 15.0 Å². The van der Waals surface area contributed by atoms with E-state index in [-0.39, 0.29) is 23.0 Å². The monoisotopic (exact) mass is 396 g/mol. The second-order valence-corrected chi connectivity index (χ2v) is 6.94. The minimum absolute atomic E-state index is 0.148. The average Bonchev–Trinajstić information content (AvgIpc) is 3.20. The zero-order chi connectivity index (χ0) is 20.4. The van der Waals surface area contributed by atoms with Crippen LogP contribution in [0, 0.1) is 5.82 Å². The van der Waals surface area contributed by atoms with Crippen LogP contribution in [-0.2, 0) is 0 Å². The fraction of sp³-hybridized carbons (Fsp3) is 0.286. The highest BCUT2D eigenvalue weighted by molar-refractivity contribution is 6.01. The van der Waals surface area contributed by atoms with Gasteiger partial charge in [-0.25, -0.2) is 4.39 Å². The van der Waals surface area contributed by atoms with E-state index in [9.17, 15) is 14.3 Å². The van der Waals surface area contributed by atoms with Crippen molar-refractivity contribution >= 4 is 11.6 Å². The van der Waals surface area contributed by atoms with Crippen molar-refractivity contribution in [2.45, 2.75) is 13.0 Å².